The smallest absolute Gasteiger partial charge is 0.123 e. The van der Waals surface area contributed by atoms with Crippen molar-refractivity contribution in [2.45, 2.75) is 31.9 Å². The highest BCUT2D eigenvalue weighted by Gasteiger charge is 2.38. The highest BCUT2D eigenvalue weighted by atomic mass is 16.3. The average molecular weight is 459 g/mol. The number of hydrogen-bond donors (Lipinski definition) is 1. The number of aromatic nitrogens is 2. The molecule has 174 valence electrons. The Balaban J connectivity index is 1.75. The molecule has 0 spiro atoms. The van der Waals surface area contributed by atoms with Crippen molar-refractivity contribution < 1.29 is 5.11 Å². The van der Waals surface area contributed by atoms with Crippen molar-refractivity contribution in [1.82, 2.24) is 9.55 Å². The van der Waals surface area contributed by atoms with E-state index in [0.29, 0.717) is 5.69 Å². The van der Waals surface area contributed by atoms with Crippen LogP contribution in [0.1, 0.15) is 52.1 Å². The Morgan fingerprint density at radius 2 is 1.26 bits per heavy atom. The molecule has 5 rings (SSSR count). The molecule has 35 heavy (non-hydrogen) atoms. The normalized spacial score (nSPS) is 12.4. The number of benzene rings is 4. The Labute approximate surface area is 207 Å². The van der Waals surface area contributed by atoms with E-state index in [1.54, 1.807) is 0 Å². The molecule has 0 aliphatic heterocycles. The van der Waals surface area contributed by atoms with Crippen LogP contribution in [0.4, 0.5) is 0 Å². The zero-order valence-electron chi connectivity index (χ0n) is 20.2. The summed E-state index contributed by atoms with van der Waals surface area (Å²) in [6, 6.07) is 37.7. The van der Waals surface area contributed by atoms with E-state index in [1.807, 2.05) is 36.8 Å². The van der Waals surface area contributed by atoms with Gasteiger partial charge in [0.15, 0.2) is 0 Å². The van der Waals surface area contributed by atoms with Crippen molar-refractivity contribution in [3.8, 4) is 0 Å². The van der Waals surface area contributed by atoms with Crippen LogP contribution >= 0.6 is 0 Å². The summed E-state index contributed by atoms with van der Waals surface area (Å²) < 4.78 is 2.15. The highest BCUT2D eigenvalue weighted by Crippen LogP contribution is 2.41. The molecule has 0 bridgehead atoms. The summed E-state index contributed by atoms with van der Waals surface area (Å²) in [5.41, 5.74) is 6.54. The molecule has 3 nitrogen and oxygen atoms in total. The standard InChI is InChI=1S/C32H30N2O/c1-3-25-15-13-14-24(2)30(25)31(35)29-22-34(23-33-29)32(26-16-7-4-8-17-26,27-18-9-5-10-19-27)28-20-11-6-12-21-28/h4-23,31,35H,3H2,1-2H3. The van der Waals surface area contributed by atoms with E-state index in [0.717, 1.165) is 39.8 Å². The van der Waals surface area contributed by atoms with E-state index < -0.39 is 11.6 Å². The van der Waals surface area contributed by atoms with E-state index in [1.165, 1.54) is 0 Å². The van der Waals surface area contributed by atoms with Gasteiger partial charge in [0.05, 0.1) is 12.0 Å². The van der Waals surface area contributed by atoms with Crippen LogP contribution in [-0.2, 0) is 12.0 Å². The Morgan fingerprint density at radius 3 is 1.74 bits per heavy atom. The van der Waals surface area contributed by atoms with Gasteiger partial charge in [0.2, 0.25) is 0 Å². The maximum absolute atomic E-state index is 11.5. The van der Waals surface area contributed by atoms with Gasteiger partial charge in [0.25, 0.3) is 0 Å². The minimum atomic E-state index is -0.799. The van der Waals surface area contributed by atoms with Gasteiger partial charge in [-0.2, -0.15) is 0 Å². The maximum Gasteiger partial charge on any atom is 0.123 e. The molecule has 4 aromatic carbocycles. The van der Waals surface area contributed by atoms with Crippen LogP contribution in [0.15, 0.2) is 122 Å². The number of aliphatic hydroxyl groups excluding tert-OH is 1. The monoisotopic (exact) mass is 458 g/mol. The van der Waals surface area contributed by atoms with Gasteiger partial charge in [-0.25, -0.2) is 4.98 Å². The predicted molar refractivity (Wildman–Crippen MR) is 141 cm³/mol. The van der Waals surface area contributed by atoms with Crippen molar-refractivity contribution >= 4 is 0 Å². The second-order valence-corrected chi connectivity index (χ2v) is 8.92. The van der Waals surface area contributed by atoms with Crippen LogP contribution < -0.4 is 0 Å². The number of imidazole rings is 1. The molecule has 1 heterocycles. The van der Waals surface area contributed by atoms with Crippen LogP contribution in [0.2, 0.25) is 0 Å². The Bertz CT molecular complexity index is 1300. The van der Waals surface area contributed by atoms with Gasteiger partial charge < -0.3 is 9.67 Å². The summed E-state index contributed by atoms with van der Waals surface area (Å²) in [5, 5.41) is 11.5. The largest absolute Gasteiger partial charge is 0.382 e. The molecule has 0 amide bonds. The summed E-state index contributed by atoms with van der Waals surface area (Å²) in [7, 11) is 0. The fourth-order valence-corrected chi connectivity index (χ4v) is 5.24. The zero-order chi connectivity index (χ0) is 24.3. The molecule has 0 saturated heterocycles. The molecule has 1 unspecified atom stereocenters. The van der Waals surface area contributed by atoms with E-state index in [-0.39, 0.29) is 0 Å². The molecule has 3 heteroatoms. The van der Waals surface area contributed by atoms with Crippen LogP contribution in [-0.4, -0.2) is 14.7 Å². The summed E-state index contributed by atoms with van der Waals surface area (Å²) in [5.74, 6) is 0. The molecule has 0 fully saturated rings. The van der Waals surface area contributed by atoms with E-state index in [2.05, 4.69) is 103 Å². The Hall–Kier alpha value is -3.95. The predicted octanol–water partition coefficient (Wildman–Crippen LogP) is 6.68. The Morgan fingerprint density at radius 1 is 0.743 bits per heavy atom. The van der Waals surface area contributed by atoms with Gasteiger partial charge in [-0.15, -0.1) is 0 Å². The fourth-order valence-electron chi connectivity index (χ4n) is 5.24. The van der Waals surface area contributed by atoms with Crippen LogP contribution in [0.3, 0.4) is 0 Å². The maximum atomic E-state index is 11.5. The van der Waals surface area contributed by atoms with Crippen LogP contribution in [0.5, 0.6) is 0 Å². The second kappa shape index (κ2) is 9.73. The van der Waals surface area contributed by atoms with Crippen LogP contribution in [0.25, 0.3) is 0 Å². The van der Waals surface area contributed by atoms with Gasteiger partial charge >= 0.3 is 0 Å². The first-order valence-corrected chi connectivity index (χ1v) is 12.1. The number of aryl methyl sites for hydroxylation is 2. The topological polar surface area (TPSA) is 38.0 Å². The van der Waals surface area contributed by atoms with Crippen molar-refractivity contribution in [3.63, 3.8) is 0 Å². The number of hydrogen-bond acceptors (Lipinski definition) is 2. The first-order chi connectivity index (χ1) is 17.2. The number of nitrogens with zero attached hydrogens (tertiary/aromatic N) is 2. The molecule has 0 aliphatic carbocycles. The highest BCUT2D eigenvalue weighted by molar-refractivity contribution is 5.51. The van der Waals surface area contributed by atoms with Gasteiger partial charge in [0, 0.05) is 6.20 Å². The quantitative estimate of drug-likeness (QED) is 0.276. The Kier molecular flexibility index (Phi) is 6.35. The van der Waals surface area contributed by atoms with Crippen molar-refractivity contribution in [2.75, 3.05) is 0 Å². The van der Waals surface area contributed by atoms with E-state index in [4.69, 9.17) is 4.98 Å². The number of rotatable bonds is 7. The lowest BCUT2D eigenvalue weighted by atomic mass is 9.76. The van der Waals surface area contributed by atoms with Gasteiger partial charge in [-0.3, -0.25) is 0 Å². The number of aliphatic hydroxyl groups is 1. The van der Waals surface area contributed by atoms with Crippen molar-refractivity contribution in [2.24, 2.45) is 0 Å². The van der Waals surface area contributed by atoms with Gasteiger partial charge in [0.1, 0.15) is 11.6 Å². The van der Waals surface area contributed by atoms with E-state index in [9.17, 15) is 5.11 Å². The third-order valence-electron chi connectivity index (χ3n) is 6.91. The minimum Gasteiger partial charge on any atom is -0.382 e. The van der Waals surface area contributed by atoms with Crippen molar-refractivity contribution in [1.29, 1.82) is 0 Å². The molecule has 1 N–H and O–H groups in total. The summed E-state index contributed by atoms with van der Waals surface area (Å²) >= 11 is 0. The third kappa shape index (κ3) is 3.98. The molecule has 0 aliphatic rings. The summed E-state index contributed by atoms with van der Waals surface area (Å²) in [4.78, 5) is 4.76. The SMILES string of the molecule is CCc1cccc(C)c1C(O)c1cn(C(c2ccccc2)(c2ccccc2)c2ccccc2)cn1. The fraction of sp³-hybridized carbons (Fsp3) is 0.156. The molecule has 1 atom stereocenters. The van der Waals surface area contributed by atoms with Crippen molar-refractivity contribution in [3.05, 3.63) is 161 Å². The van der Waals surface area contributed by atoms with Gasteiger partial charge in [-0.05, 0) is 46.7 Å². The summed E-state index contributed by atoms with van der Waals surface area (Å²) in [6.07, 6.45) is 3.92. The lowest BCUT2D eigenvalue weighted by molar-refractivity contribution is 0.214. The third-order valence-corrected chi connectivity index (χ3v) is 6.91. The lowest BCUT2D eigenvalue weighted by Crippen LogP contribution is -2.37. The first-order valence-electron chi connectivity index (χ1n) is 12.1. The molecule has 0 radical (unpaired) electrons. The summed E-state index contributed by atoms with van der Waals surface area (Å²) in [6.45, 7) is 4.17. The van der Waals surface area contributed by atoms with E-state index >= 15 is 0 Å². The molecule has 1 aromatic heterocycles. The van der Waals surface area contributed by atoms with Crippen LogP contribution in [0, 0.1) is 6.92 Å². The zero-order valence-corrected chi connectivity index (χ0v) is 20.2. The first kappa shape index (κ1) is 22.8. The lowest BCUT2D eigenvalue weighted by Gasteiger charge is -2.37. The average Bonchev–Trinajstić information content (AvgIpc) is 3.41. The molecular weight excluding hydrogens is 428 g/mol. The molecule has 5 aromatic rings. The molecule has 0 saturated carbocycles. The minimum absolute atomic E-state index is 0.640. The molecular formula is C32H30N2O. The second-order valence-electron chi connectivity index (χ2n) is 8.92. The van der Waals surface area contributed by atoms with Gasteiger partial charge in [-0.1, -0.05) is 116 Å².